The zero-order chi connectivity index (χ0) is 11.1. The summed E-state index contributed by atoms with van der Waals surface area (Å²) < 4.78 is 0.982. The fourth-order valence-electron chi connectivity index (χ4n) is 1.52. The minimum atomic E-state index is -0.481. The lowest BCUT2D eigenvalue weighted by Gasteiger charge is -2.20. The lowest BCUT2D eigenvalue weighted by atomic mass is 10.1. The number of carbonyl (C=O) groups excluding carboxylic acids is 1. The number of thiophene rings is 1. The lowest BCUT2D eigenvalue weighted by Crippen LogP contribution is -2.35. The molecule has 3 nitrogen and oxygen atoms in total. The van der Waals surface area contributed by atoms with E-state index in [4.69, 9.17) is 0 Å². The molecule has 0 bridgehead atoms. The second-order valence-electron chi connectivity index (χ2n) is 3.91. The van der Waals surface area contributed by atoms with Gasteiger partial charge in [-0.2, -0.15) is 0 Å². The van der Waals surface area contributed by atoms with Crippen molar-refractivity contribution < 1.29 is 9.90 Å². The first kappa shape index (κ1) is 11.1. The summed E-state index contributed by atoms with van der Waals surface area (Å²) in [5.41, 5.74) is -0.481. The summed E-state index contributed by atoms with van der Waals surface area (Å²) in [4.78, 5) is 13.7. The summed E-state index contributed by atoms with van der Waals surface area (Å²) in [5.74, 6) is 0.0272. The first-order valence-electron chi connectivity index (χ1n) is 4.72. The van der Waals surface area contributed by atoms with Crippen molar-refractivity contribution in [2.45, 2.75) is 12.8 Å². The molecule has 0 radical (unpaired) electrons. The fourth-order valence-corrected chi connectivity index (χ4v) is 2.91. The highest BCUT2D eigenvalue weighted by Gasteiger charge is 2.51. The molecule has 1 aromatic heterocycles. The molecule has 0 unspecified atom stereocenters. The molecule has 0 aromatic carbocycles. The number of nitrogens with zero attached hydrogens (tertiary/aromatic N) is 1. The lowest BCUT2D eigenvalue weighted by molar-refractivity contribution is -0.124. The number of carbonyl (C=O) groups is 1. The summed E-state index contributed by atoms with van der Waals surface area (Å²) in [5, 5.41) is 12.0. The van der Waals surface area contributed by atoms with E-state index in [2.05, 4.69) is 15.9 Å². The normalized spacial score (nSPS) is 17.5. The van der Waals surface area contributed by atoms with Gasteiger partial charge in [0.15, 0.2) is 0 Å². The van der Waals surface area contributed by atoms with E-state index in [1.807, 2.05) is 11.4 Å². The van der Waals surface area contributed by atoms with Gasteiger partial charge in [-0.05, 0) is 34.8 Å². The molecular formula is C10H12BrNO2S. The average Bonchev–Trinajstić information content (AvgIpc) is 2.93. The van der Waals surface area contributed by atoms with Crippen LogP contribution in [0.1, 0.15) is 12.8 Å². The minimum Gasteiger partial charge on any atom is -0.395 e. The standard InChI is InChI=1S/C10H12BrNO2S/c1-12(8-4-7(11)5-15-8)9(14)10(6-13)2-3-10/h4-5,13H,2-3,6H2,1H3. The number of anilines is 1. The number of amides is 1. The van der Waals surface area contributed by atoms with E-state index in [1.54, 1.807) is 11.9 Å². The average molecular weight is 290 g/mol. The molecule has 1 amide bonds. The summed E-state index contributed by atoms with van der Waals surface area (Å²) in [6.45, 7) is -0.0390. The molecular weight excluding hydrogens is 278 g/mol. The van der Waals surface area contributed by atoms with Crippen LogP contribution in [0, 0.1) is 5.41 Å². The highest BCUT2D eigenvalue weighted by Crippen LogP contribution is 2.47. The molecule has 0 aliphatic heterocycles. The molecule has 0 saturated heterocycles. The number of aliphatic hydroxyl groups is 1. The molecule has 0 atom stereocenters. The van der Waals surface area contributed by atoms with Gasteiger partial charge in [0.1, 0.15) is 0 Å². The van der Waals surface area contributed by atoms with Crippen LogP contribution in [-0.4, -0.2) is 24.7 Å². The van der Waals surface area contributed by atoms with Gasteiger partial charge < -0.3 is 10.0 Å². The molecule has 1 heterocycles. The molecule has 1 aliphatic carbocycles. The number of halogens is 1. The Balaban J connectivity index is 2.15. The van der Waals surface area contributed by atoms with Crippen molar-refractivity contribution in [3.63, 3.8) is 0 Å². The van der Waals surface area contributed by atoms with Crippen LogP contribution in [0.5, 0.6) is 0 Å². The minimum absolute atomic E-state index is 0.0272. The second-order valence-corrected chi connectivity index (χ2v) is 5.71. The van der Waals surface area contributed by atoms with Gasteiger partial charge >= 0.3 is 0 Å². The van der Waals surface area contributed by atoms with Crippen LogP contribution < -0.4 is 4.90 Å². The van der Waals surface area contributed by atoms with Gasteiger partial charge in [-0.25, -0.2) is 0 Å². The van der Waals surface area contributed by atoms with E-state index in [-0.39, 0.29) is 12.5 Å². The predicted octanol–water partition coefficient (Wildman–Crippen LogP) is 2.25. The molecule has 15 heavy (non-hydrogen) atoms. The van der Waals surface area contributed by atoms with Gasteiger partial charge in [-0.15, -0.1) is 11.3 Å². The van der Waals surface area contributed by atoms with Gasteiger partial charge in [0.25, 0.3) is 0 Å². The van der Waals surface area contributed by atoms with Crippen molar-refractivity contribution in [2.24, 2.45) is 5.41 Å². The third-order valence-electron chi connectivity index (χ3n) is 2.80. The van der Waals surface area contributed by atoms with E-state index in [0.717, 1.165) is 22.3 Å². The molecule has 1 saturated carbocycles. The molecule has 0 spiro atoms. The molecule has 2 rings (SSSR count). The third-order valence-corrected chi connectivity index (χ3v) is 4.56. The highest BCUT2D eigenvalue weighted by atomic mass is 79.9. The maximum Gasteiger partial charge on any atom is 0.235 e. The highest BCUT2D eigenvalue weighted by molar-refractivity contribution is 9.10. The Bertz CT molecular complexity index is 387. The monoisotopic (exact) mass is 289 g/mol. The molecule has 1 fully saturated rings. The van der Waals surface area contributed by atoms with E-state index >= 15 is 0 Å². The Hall–Kier alpha value is -0.390. The van der Waals surface area contributed by atoms with Crippen molar-refractivity contribution in [2.75, 3.05) is 18.6 Å². The smallest absolute Gasteiger partial charge is 0.235 e. The van der Waals surface area contributed by atoms with Crippen LogP contribution >= 0.6 is 27.3 Å². The van der Waals surface area contributed by atoms with Crippen molar-refractivity contribution >= 4 is 38.2 Å². The fraction of sp³-hybridized carbons (Fsp3) is 0.500. The maximum atomic E-state index is 12.0. The number of hydrogen-bond donors (Lipinski definition) is 1. The predicted molar refractivity (Wildman–Crippen MR) is 64.2 cm³/mol. The summed E-state index contributed by atoms with van der Waals surface area (Å²) in [6.07, 6.45) is 1.61. The van der Waals surface area contributed by atoms with Crippen LogP contribution in [0.2, 0.25) is 0 Å². The van der Waals surface area contributed by atoms with Crippen LogP contribution in [0.4, 0.5) is 5.00 Å². The molecule has 1 N–H and O–H groups in total. The Kier molecular flexibility index (Phi) is 2.87. The van der Waals surface area contributed by atoms with Gasteiger partial charge in [0.2, 0.25) is 5.91 Å². The van der Waals surface area contributed by atoms with Crippen molar-refractivity contribution in [3.05, 3.63) is 15.9 Å². The van der Waals surface area contributed by atoms with Crippen molar-refractivity contribution in [1.29, 1.82) is 0 Å². The topological polar surface area (TPSA) is 40.5 Å². The van der Waals surface area contributed by atoms with E-state index in [9.17, 15) is 9.90 Å². The Morgan fingerprint density at radius 2 is 2.40 bits per heavy atom. The Labute approximate surface area is 101 Å². The SMILES string of the molecule is CN(C(=O)C1(CO)CC1)c1cc(Br)cs1. The molecule has 1 aliphatic rings. The largest absolute Gasteiger partial charge is 0.395 e. The zero-order valence-electron chi connectivity index (χ0n) is 8.36. The van der Waals surface area contributed by atoms with Gasteiger partial charge in [0, 0.05) is 16.9 Å². The Morgan fingerprint density at radius 1 is 1.73 bits per heavy atom. The third kappa shape index (κ3) is 1.96. The number of rotatable bonds is 3. The van der Waals surface area contributed by atoms with E-state index in [1.165, 1.54) is 11.3 Å². The van der Waals surface area contributed by atoms with Gasteiger partial charge in [-0.1, -0.05) is 0 Å². The van der Waals surface area contributed by atoms with Crippen molar-refractivity contribution in [3.8, 4) is 0 Å². The second kappa shape index (κ2) is 3.88. The quantitative estimate of drug-likeness (QED) is 0.927. The number of hydrogen-bond acceptors (Lipinski definition) is 3. The molecule has 5 heteroatoms. The first-order valence-corrected chi connectivity index (χ1v) is 6.39. The molecule has 82 valence electrons. The van der Waals surface area contributed by atoms with Crippen LogP contribution in [0.25, 0.3) is 0 Å². The first-order chi connectivity index (χ1) is 7.09. The number of aliphatic hydroxyl groups excluding tert-OH is 1. The van der Waals surface area contributed by atoms with Crippen LogP contribution in [0.3, 0.4) is 0 Å². The van der Waals surface area contributed by atoms with Crippen LogP contribution in [-0.2, 0) is 4.79 Å². The summed E-state index contributed by atoms with van der Waals surface area (Å²) in [6, 6.07) is 1.91. The summed E-state index contributed by atoms with van der Waals surface area (Å²) >= 11 is 4.87. The van der Waals surface area contributed by atoms with Crippen molar-refractivity contribution in [1.82, 2.24) is 0 Å². The van der Waals surface area contributed by atoms with Crippen LogP contribution in [0.15, 0.2) is 15.9 Å². The Morgan fingerprint density at radius 3 is 2.80 bits per heavy atom. The van der Waals surface area contributed by atoms with E-state index < -0.39 is 5.41 Å². The summed E-state index contributed by atoms with van der Waals surface area (Å²) in [7, 11) is 1.76. The van der Waals surface area contributed by atoms with Gasteiger partial charge in [-0.3, -0.25) is 4.79 Å². The maximum absolute atomic E-state index is 12.0. The van der Waals surface area contributed by atoms with E-state index in [0.29, 0.717) is 0 Å². The molecule has 1 aromatic rings. The van der Waals surface area contributed by atoms with Gasteiger partial charge in [0.05, 0.1) is 17.0 Å². The zero-order valence-corrected chi connectivity index (χ0v) is 10.8.